The fraction of sp³-hybridized carbons (Fsp3) is 0.500. The van der Waals surface area contributed by atoms with Crippen LogP contribution in [0.2, 0.25) is 0 Å². The van der Waals surface area contributed by atoms with E-state index >= 15 is 0 Å². The average molecular weight is 369 g/mol. The van der Waals surface area contributed by atoms with Gasteiger partial charge < -0.3 is 10.4 Å². The standard InChI is InChI=1S/C16H23N3O5S/c1-11-6-7-12(9-14(11)25(23,24)17-2)18-15(20)10-19-8-4-3-5-13(19)16(21)22/h6-7,9,13,17H,3-5,8,10H2,1-2H3,(H,18,20)(H,21,22). The summed E-state index contributed by atoms with van der Waals surface area (Å²) in [7, 11) is -2.30. The van der Waals surface area contributed by atoms with Crippen LogP contribution in [0.3, 0.4) is 0 Å². The Bertz CT molecular complexity index is 763. The summed E-state index contributed by atoms with van der Waals surface area (Å²) in [5, 5.41) is 11.9. The molecule has 1 fully saturated rings. The van der Waals surface area contributed by atoms with Crippen molar-refractivity contribution in [1.29, 1.82) is 0 Å². The highest BCUT2D eigenvalue weighted by molar-refractivity contribution is 7.89. The van der Waals surface area contributed by atoms with Crippen molar-refractivity contribution in [3.8, 4) is 0 Å². The molecule has 1 atom stereocenters. The maximum Gasteiger partial charge on any atom is 0.320 e. The second kappa shape index (κ2) is 7.94. The van der Waals surface area contributed by atoms with E-state index in [1.54, 1.807) is 24.0 Å². The number of carbonyl (C=O) groups excluding carboxylic acids is 1. The average Bonchev–Trinajstić information content (AvgIpc) is 2.56. The third kappa shape index (κ3) is 4.77. The molecule has 0 radical (unpaired) electrons. The molecule has 8 nitrogen and oxygen atoms in total. The lowest BCUT2D eigenvalue weighted by molar-refractivity contribution is -0.145. The topological polar surface area (TPSA) is 116 Å². The first-order chi connectivity index (χ1) is 11.7. The van der Waals surface area contributed by atoms with E-state index in [0.29, 0.717) is 24.2 Å². The number of rotatable bonds is 6. The van der Waals surface area contributed by atoms with Crippen LogP contribution >= 0.6 is 0 Å². The Balaban J connectivity index is 2.10. The molecule has 1 aliphatic heterocycles. The van der Waals surface area contributed by atoms with Crippen LogP contribution < -0.4 is 10.0 Å². The minimum absolute atomic E-state index is 0.0427. The number of aliphatic carboxylic acids is 1. The Labute approximate surface area is 147 Å². The van der Waals surface area contributed by atoms with Crippen LogP contribution in [-0.4, -0.2) is 56.5 Å². The number of benzene rings is 1. The smallest absolute Gasteiger partial charge is 0.320 e. The number of sulfonamides is 1. The number of hydrogen-bond acceptors (Lipinski definition) is 5. The highest BCUT2D eigenvalue weighted by Crippen LogP contribution is 2.21. The molecule has 0 aliphatic carbocycles. The van der Waals surface area contributed by atoms with Crippen molar-refractivity contribution in [3.05, 3.63) is 23.8 Å². The Morgan fingerprint density at radius 2 is 2.04 bits per heavy atom. The van der Waals surface area contributed by atoms with Crippen LogP contribution in [0, 0.1) is 6.92 Å². The van der Waals surface area contributed by atoms with E-state index in [4.69, 9.17) is 0 Å². The third-order valence-electron chi connectivity index (χ3n) is 4.28. The van der Waals surface area contributed by atoms with E-state index in [1.165, 1.54) is 13.1 Å². The molecule has 0 spiro atoms. The van der Waals surface area contributed by atoms with E-state index in [0.717, 1.165) is 12.8 Å². The maximum atomic E-state index is 12.3. The predicted octanol–water partition coefficient (Wildman–Crippen LogP) is 0.781. The van der Waals surface area contributed by atoms with Gasteiger partial charge in [0, 0.05) is 5.69 Å². The molecule has 2 rings (SSSR count). The third-order valence-corrected chi connectivity index (χ3v) is 5.83. The summed E-state index contributed by atoms with van der Waals surface area (Å²) in [5.74, 6) is -1.30. The number of nitrogens with zero attached hydrogens (tertiary/aromatic N) is 1. The molecule has 1 amide bonds. The lowest BCUT2D eigenvalue weighted by atomic mass is 10.0. The molecule has 0 bridgehead atoms. The van der Waals surface area contributed by atoms with Crippen LogP contribution in [-0.2, 0) is 19.6 Å². The SMILES string of the molecule is CNS(=O)(=O)c1cc(NC(=O)CN2CCCCC2C(=O)O)ccc1C. The number of anilines is 1. The highest BCUT2D eigenvalue weighted by atomic mass is 32.2. The Morgan fingerprint density at radius 1 is 1.32 bits per heavy atom. The van der Waals surface area contributed by atoms with Crippen molar-refractivity contribution in [3.63, 3.8) is 0 Å². The molecule has 138 valence electrons. The molecule has 1 saturated heterocycles. The first-order valence-corrected chi connectivity index (χ1v) is 9.54. The number of carboxylic acids is 1. The molecule has 1 unspecified atom stereocenters. The van der Waals surface area contributed by atoms with Crippen molar-refractivity contribution in [1.82, 2.24) is 9.62 Å². The molecule has 9 heteroatoms. The normalized spacial score (nSPS) is 18.7. The van der Waals surface area contributed by atoms with Crippen LogP contribution in [0.15, 0.2) is 23.1 Å². The summed E-state index contributed by atoms with van der Waals surface area (Å²) in [6, 6.07) is 3.97. The van der Waals surface area contributed by atoms with Gasteiger partial charge in [-0.2, -0.15) is 0 Å². The number of aryl methyl sites for hydroxylation is 1. The van der Waals surface area contributed by atoms with Gasteiger partial charge in [-0.15, -0.1) is 0 Å². The number of amides is 1. The fourth-order valence-electron chi connectivity index (χ4n) is 2.92. The number of nitrogens with one attached hydrogen (secondary N) is 2. The summed E-state index contributed by atoms with van der Waals surface area (Å²) in [6.45, 7) is 2.18. The summed E-state index contributed by atoms with van der Waals surface area (Å²) in [5.41, 5.74) is 0.919. The Morgan fingerprint density at radius 3 is 2.68 bits per heavy atom. The fourth-order valence-corrected chi connectivity index (χ4v) is 3.92. The Hall–Kier alpha value is -1.97. The van der Waals surface area contributed by atoms with Crippen molar-refractivity contribution in [2.45, 2.75) is 37.1 Å². The highest BCUT2D eigenvalue weighted by Gasteiger charge is 2.29. The van der Waals surface area contributed by atoms with Gasteiger partial charge in [-0.1, -0.05) is 12.5 Å². The molecule has 1 heterocycles. The van der Waals surface area contributed by atoms with Gasteiger partial charge in [-0.05, 0) is 51.1 Å². The molecule has 0 aromatic heterocycles. The van der Waals surface area contributed by atoms with E-state index in [1.807, 2.05) is 0 Å². The van der Waals surface area contributed by atoms with Crippen molar-refractivity contribution in [2.24, 2.45) is 0 Å². The second-order valence-corrected chi connectivity index (χ2v) is 7.91. The summed E-state index contributed by atoms with van der Waals surface area (Å²) >= 11 is 0. The molecule has 3 N–H and O–H groups in total. The zero-order chi connectivity index (χ0) is 18.6. The molecule has 0 saturated carbocycles. The molecule has 1 aromatic carbocycles. The molecular weight excluding hydrogens is 346 g/mol. The number of carbonyl (C=O) groups is 2. The number of carboxylic acid groups (broad SMARTS) is 1. The quantitative estimate of drug-likeness (QED) is 0.682. The van der Waals surface area contributed by atoms with Gasteiger partial charge in [0.2, 0.25) is 15.9 Å². The van der Waals surface area contributed by atoms with Crippen molar-refractivity contribution >= 4 is 27.6 Å². The van der Waals surface area contributed by atoms with Crippen molar-refractivity contribution in [2.75, 3.05) is 25.5 Å². The monoisotopic (exact) mass is 369 g/mol. The number of hydrogen-bond donors (Lipinski definition) is 3. The summed E-state index contributed by atoms with van der Waals surface area (Å²) in [6.07, 6.45) is 2.21. The lowest BCUT2D eigenvalue weighted by Gasteiger charge is -2.32. The zero-order valence-corrected chi connectivity index (χ0v) is 15.1. The van der Waals surface area contributed by atoms with Crippen LogP contribution in [0.4, 0.5) is 5.69 Å². The van der Waals surface area contributed by atoms with E-state index < -0.39 is 22.0 Å². The molecular formula is C16H23N3O5S. The van der Waals surface area contributed by atoms with Crippen LogP contribution in [0.25, 0.3) is 0 Å². The molecule has 1 aliphatic rings. The predicted molar refractivity (Wildman–Crippen MR) is 92.9 cm³/mol. The van der Waals surface area contributed by atoms with E-state index in [2.05, 4.69) is 10.0 Å². The van der Waals surface area contributed by atoms with Gasteiger partial charge in [0.25, 0.3) is 0 Å². The molecule has 1 aromatic rings. The summed E-state index contributed by atoms with van der Waals surface area (Å²) in [4.78, 5) is 25.3. The number of piperidine rings is 1. The van der Waals surface area contributed by atoms with E-state index in [-0.39, 0.29) is 17.3 Å². The molecule has 25 heavy (non-hydrogen) atoms. The van der Waals surface area contributed by atoms with Gasteiger partial charge in [-0.3, -0.25) is 14.5 Å². The van der Waals surface area contributed by atoms with Crippen LogP contribution in [0.1, 0.15) is 24.8 Å². The number of likely N-dealkylation sites (tertiary alicyclic amines) is 1. The van der Waals surface area contributed by atoms with Gasteiger partial charge in [0.15, 0.2) is 0 Å². The zero-order valence-electron chi connectivity index (χ0n) is 14.3. The Kier molecular flexibility index (Phi) is 6.15. The van der Waals surface area contributed by atoms with Gasteiger partial charge >= 0.3 is 5.97 Å². The van der Waals surface area contributed by atoms with E-state index in [9.17, 15) is 23.1 Å². The lowest BCUT2D eigenvalue weighted by Crippen LogP contribution is -2.47. The van der Waals surface area contributed by atoms with Crippen LogP contribution in [0.5, 0.6) is 0 Å². The largest absolute Gasteiger partial charge is 0.480 e. The second-order valence-electron chi connectivity index (χ2n) is 6.06. The summed E-state index contributed by atoms with van der Waals surface area (Å²) < 4.78 is 26.2. The first-order valence-electron chi connectivity index (χ1n) is 8.05. The van der Waals surface area contributed by atoms with Gasteiger partial charge in [0.05, 0.1) is 11.4 Å². The first kappa shape index (κ1) is 19.4. The van der Waals surface area contributed by atoms with Gasteiger partial charge in [0.1, 0.15) is 6.04 Å². The minimum Gasteiger partial charge on any atom is -0.480 e. The van der Waals surface area contributed by atoms with Crippen molar-refractivity contribution < 1.29 is 23.1 Å². The minimum atomic E-state index is -3.62. The maximum absolute atomic E-state index is 12.3. The van der Waals surface area contributed by atoms with Gasteiger partial charge in [-0.25, -0.2) is 13.1 Å².